The molecule has 2 aromatic rings. The van der Waals surface area contributed by atoms with Gasteiger partial charge in [-0.3, -0.25) is 0 Å². The Labute approximate surface area is 296 Å². The molecule has 0 unspecified atom stereocenters. The largest absolute Gasteiger partial charge is 0.496 e. The van der Waals surface area contributed by atoms with Crippen LogP contribution in [0.25, 0.3) is 0 Å². The number of carbonyl (C=O) groups excluding carboxylic acids is 2. The highest BCUT2D eigenvalue weighted by molar-refractivity contribution is 9.10. The van der Waals surface area contributed by atoms with Crippen molar-refractivity contribution >= 4 is 60.1 Å². The SMILES string of the molecule is CC(=O)CCc1ccc(B2OC(C)(C)C(C)(C)O2)c(S(=O)(=O)NC(C)(C)C)c1.CC(=O)CCc1ccc(Br)c(S(=O)(=O)NC(C)(C)C)c1. The van der Waals surface area contributed by atoms with E-state index in [0.29, 0.717) is 35.6 Å². The zero-order valence-electron chi connectivity index (χ0n) is 30.3. The first-order valence-corrected chi connectivity index (χ1v) is 19.6. The molecule has 3 rings (SSSR count). The Morgan fingerprint density at radius 3 is 1.48 bits per heavy atom. The molecule has 0 aliphatic carbocycles. The third kappa shape index (κ3) is 12.4. The lowest BCUT2D eigenvalue weighted by Crippen LogP contribution is -2.45. The maximum atomic E-state index is 13.1. The number of nitrogens with one attached hydrogen (secondary N) is 2. The molecule has 1 heterocycles. The lowest BCUT2D eigenvalue weighted by atomic mass is 9.78. The third-order valence-corrected chi connectivity index (χ3v) is 12.1. The van der Waals surface area contributed by atoms with E-state index in [2.05, 4.69) is 25.4 Å². The average Bonchev–Trinajstić information content (AvgIpc) is 3.10. The molecule has 10 nitrogen and oxygen atoms in total. The van der Waals surface area contributed by atoms with Crippen molar-refractivity contribution in [3.8, 4) is 0 Å². The summed E-state index contributed by atoms with van der Waals surface area (Å²) in [7, 11) is -8.20. The maximum absolute atomic E-state index is 13.1. The molecule has 0 radical (unpaired) electrons. The molecule has 1 aliphatic heterocycles. The van der Waals surface area contributed by atoms with Crippen molar-refractivity contribution in [1.29, 1.82) is 0 Å². The summed E-state index contributed by atoms with van der Waals surface area (Å²) in [6.07, 6.45) is 1.80. The van der Waals surface area contributed by atoms with Crippen molar-refractivity contribution in [3.05, 3.63) is 52.0 Å². The van der Waals surface area contributed by atoms with Gasteiger partial charge in [0.1, 0.15) is 11.6 Å². The van der Waals surface area contributed by atoms with Gasteiger partial charge in [-0.2, -0.15) is 0 Å². The van der Waals surface area contributed by atoms with Crippen LogP contribution >= 0.6 is 15.9 Å². The van der Waals surface area contributed by atoms with Crippen LogP contribution in [-0.2, 0) is 51.8 Å². The van der Waals surface area contributed by atoms with Gasteiger partial charge in [0, 0.05) is 33.9 Å². The third-order valence-electron chi connectivity index (χ3n) is 7.57. The summed E-state index contributed by atoms with van der Waals surface area (Å²) in [6.45, 7) is 21.5. The van der Waals surface area contributed by atoms with Gasteiger partial charge in [-0.05, 0) is 141 Å². The normalized spacial score (nSPS) is 16.3. The topological polar surface area (TPSA) is 145 Å². The number of rotatable bonds is 11. The van der Waals surface area contributed by atoms with Gasteiger partial charge in [-0.15, -0.1) is 0 Å². The van der Waals surface area contributed by atoms with Crippen molar-refractivity contribution in [3.63, 3.8) is 0 Å². The average molecular weight is 772 g/mol. The Hall–Kier alpha value is -1.94. The number of aryl methyl sites for hydroxylation is 2. The molecule has 0 saturated carbocycles. The van der Waals surface area contributed by atoms with Gasteiger partial charge in [0.05, 0.1) is 21.0 Å². The van der Waals surface area contributed by atoms with Crippen molar-refractivity contribution in [2.45, 2.75) is 141 Å². The molecule has 2 aromatic carbocycles. The fourth-order valence-corrected chi connectivity index (χ4v) is 8.73. The number of Topliss-reactive ketones (excluding diaryl/α,β-unsaturated/α-hetero) is 2. The molecule has 0 aromatic heterocycles. The Morgan fingerprint density at radius 1 is 0.708 bits per heavy atom. The Balaban J connectivity index is 0.000000353. The first-order valence-electron chi connectivity index (χ1n) is 15.9. The second-order valence-corrected chi connectivity index (χ2v) is 19.5. The highest BCUT2D eigenvalue weighted by Crippen LogP contribution is 2.37. The summed E-state index contributed by atoms with van der Waals surface area (Å²) in [5.41, 5.74) is -0.272. The molecule has 1 fully saturated rings. The highest BCUT2D eigenvalue weighted by Gasteiger charge is 2.53. The van der Waals surface area contributed by atoms with Crippen LogP contribution in [0.4, 0.5) is 0 Å². The van der Waals surface area contributed by atoms with Gasteiger partial charge in [0.15, 0.2) is 0 Å². The number of hydrogen-bond donors (Lipinski definition) is 2. The predicted octanol–water partition coefficient (Wildman–Crippen LogP) is 5.63. The van der Waals surface area contributed by atoms with Crippen LogP contribution in [-0.4, -0.2) is 57.8 Å². The molecule has 14 heteroatoms. The van der Waals surface area contributed by atoms with Gasteiger partial charge < -0.3 is 18.9 Å². The van der Waals surface area contributed by atoms with E-state index in [1.165, 1.54) is 13.8 Å². The molecule has 0 amide bonds. The van der Waals surface area contributed by atoms with Crippen molar-refractivity contribution in [1.82, 2.24) is 9.44 Å². The minimum absolute atomic E-state index is 0.0623. The summed E-state index contributed by atoms with van der Waals surface area (Å²) in [5, 5.41) is 0. The molecule has 1 aliphatic rings. The van der Waals surface area contributed by atoms with Gasteiger partial charge >= 0.3 is 7.12 Å². The van der Waals surface area contributed by atoms with Crippen LogP contribution in [0.2, 0.25) is 0 Å². The molecule has 2 N–H and O–H groups in total. The number of halogens is 1. The Kier molecular flexibility index (Phi) is 13.7. The minimum atomic E-state index is -3.82. The van der Waals surface area contributed by atoms with E-state index < -0.39 is 49.4 Å². The second-order valence-electron chi connectivity index (χ2n) is 15.3. The van der Waals surface area contributed by atoms with Crippen LogP contribution < -0.4 is 14.9 Å². The summed E-state index contributed by atoms with van der Waals surface area (Å²) in [5.74, 6) is 0.150. The van der Waals surface area contributed by atoms with E-state index in [1.54, 1.807) is 65.8 Å². The van der Waals surface area contributed by atoms with E-state index in [9.17, 15) is 26.4 Å². The van der Waals surface area contributed by atoms with Crippen LogP contribution in [0.1, 0.15) is 107 Å². The lowest BCUT2D eigenvalue weighted by Gasteiger charge is -2.32. The highest BCUT2D eigenvalue weighted by atomic mass is 79.9. The minimum Gasteiger partial charge on any atom is -0.399 e. The van der Waals surface area contributed by atoms with Crippen LogP contribution in [0.5, 0.6) is 0 Å². The summed E-state index contributed by atoms with van der Waals surface area (Å²) < 4.78 is 69.0. The smallest absolute Gasteiger partial charge is 0.399 e. The fourth-order valence-electron chi connectivity index (χ4n) is 4.60. The molecule has 0 bridgehead atoms. The van der Waals surface area contributed by atoms with Crippen molar-refractivity contribution in [2.75, 3.05) is 0 Å². The van der Waals surface area contributed by atoms with Crippen molar-refractivity contribution in [2.24, 2.45) is 0 Å². The number of carbonyl (C=O) groups is 2. The number of ketones is 2. The number of hydrogen-bond acceptors (Lipinski definition) is 8. The second kappa shape index (κ2) is 15.5. The van der Waals surface area contributed by atoms with E-state index >= 15 is 0 Å². The Bertz CT molecular complexity index is 1700. The number of benzene rings is 2. The maximum Gasteiger partial charge on any atom is 0.496 e. The standard InChI is InChI=1S/C20H32BNO5S.C14H20BrNO3S/c1-14(23)9-10-15-11-12-16(21-26-19(5,6)20(7,8)27-21)17(13-15)28(24,25)22-18(2,3)4;1-10(17)5-6-11-7-8-12(15)13(9-11)20(18,19)16-14(2,3)4/h11-13,22H,9-10H2,1-8H3;7-9,16H,5-6H2,1-4H3. The Morgan fingerprint density at radius 2 is 1.08 bits per heavy atom. The molecular weight excluding hydrogens is 719 g/mol. The van der Waals surface area contributed by atoms with Crippen LogP contribution in [0, 0.1) is 0 Å². The molecule has 48 heavy (non-hydrogen) atoms. The van der Waals surface area contributed by atoms with E-state index in [-0.39, 0.29) is 21.4 Å². The quantitative estimate of drug-likeness (QED) is 0.280. The fraction of sp³-hybridized carbons (Fsp3) is 0.588. The monoisotopic (exact) mass is 770 g/mol. The summed E-state index contributed by atoms with van der Waals surface area (Å²) in [6, 6.07) is 10.3. The summed E-state index contributed by atoms with van der Waals surface area (Å²) in [4.78, 5) is 22.7. The van der Waals surface area contributed by atoms with E-state index in [4.69, 9.17) is 9.31 Å². The zero-order chi connectivity index (χ0) is 37.1. The van der Waals surface area contributed by atoms with Gasteiger partial charge in [-0.25, -0.2) is 26.3 Å². The molecule has 1 saturated heterocycles. The van der Waals surface area contributed by atoms with E-state index in [1.807, 2.05) is 39.8 Å². The molecule has 0 atom stereocenters. The van der Waals surface area contributed by atoms with Crippen LogP contribution in [0.3, 0.4) is 0 Å². The summed E-state index contributed by atoms with van der Waals surface area (Å²) >= 11 is 3.27. The zero-order valence-corrected chi connectivity index (χ0v) is 33.5. The van der Waals surface area contributed by atoms with Gasteiger partial charge in [0.2, 0.25) is 20.0 Å². The first-order chi connectivity index (χ1) is 21.6. The molecule has 268 valence electrons. The molecular formula is C34H52BBrN2O8S2. The lowest BCUT2D eigenvalue weighted by molar-refractivity contribution is -0.117. The van der Waals surface area contributed by atoms with E-state index in [0.717, 1.165) is 11.1 Å². The first kappa shape index (κ1) is 42.2. The number of sulfonamides is 2. The van der Waals surface area contributed by atoms with Crippen molar-refractivity contribution < 1.29 is 35.7 Å². The molecule has 0 spiro atoms. The van der Waals surface area contributed by atoms with Gasteiger partial charge in [0.25, 0.3) is 0 Å². The predicted molar refractivity (Wildman–Crippen MR) is 194 cm³/mol. The van der Waals surface area contributed by atoms with Crippen LogP contribution in [0.15, 0.2) is 50.7 Å². The van der Waals surface area contributed by atoms with Gasteiger partial charge in [-0.1, -0.05) is 18.2 Å².